The minimum absolute atomic E-state index is 0.0194. The van der Waals surface area contributed by atoms with Gasteiger partial charge in [0.1, 0.15) is 0 Å². The Hall–Kier alpha value is 0.520. The predicted octanol–water partition coefficient (Wildman–Crippen LogP) is 1.22. The van der Waals surface area contributed by atoms with E-state index in [0.717, 1.165) is 0 Å². The number of carbonyl (C=O) groups is 1. The van der Waals surface area contributed by atoms with Gasteiger partial charge < -0.3 is 22.5 Å². The molecule has 1 rings (SSSR count). The fourth-order valence-electron chi connectivity index (χ4n) is 1.45. The molecule has 0 saturated carbocycles. The van der Waals surface area contributed by atoms with E-state index >= 15 is 0 Å². The summed E-state index contributed by atoms with van der Waals surface area (Å²) in [5.74, 6) is -1.30. The molecular weight excluding hydrogens is 236 g/mol. The maximum Gasteiger partial charge on any atom is 0.0445 e. The lowest BCUT2D eigenvalue weighted by Gasteiger charge is -2.36. The molecule has 4 unspecified atom stereocenters. The van der Waals surface area contributed by atoms with Crippen LogP contribution in [0.4, 0.5) is 0 Å². The number of rotatable bonds is 5. The van der Waals surface area contributed by atoms with Gasteiger partial charge in [-0.2, -0.15) is 5.25 Å². The third kappa shape index (κ3) is 3.59. The standard InChI is InChI=1S/C9H16O2S3/c1-5(12)3-7(9(10)11)4-8-6(2)13-14-8/h5-8,12H,3-4H2,1-2H3,(H,10,11)/p-2. The molecule has 4 atom stereocenters. The summed E-state index contributed by atoms with van der Waals surface area (Å²) in [7, 11) is 3.60. The number of carboxylic acid groups (broad SMARTS) is 1. The fraction of sp³-hybridized carbons (Fsp3) is 0.889. The van der Waals surface area contributed by atoms with Crippen LogP contribution in [-0.2, 0) is 17.4 Å². The first-order valence-corrected chi connectivity index (χ1v) is 7.44. The van der Waals surface area contributed by atoms with Gasteiger partial charge in [-0.15, -0.1) is 0 Å². The molecule has 0 aromatic heterocycles. The average Bonchev–Trinajstić information content (AvgIpc) is 2.08. The van der Waals surface area contributed by atoms with E-state index in [-0.39, 0.29) is 11.2 Å². The van der Waals surface area contributed by atoms with Crippen molar-refractivity contribution in [2.24, 2.45) is 5.92 Å². The molecule has 1 fully saturated rings. The van der Waals surface area contributed by atoms with Gasteiger partial charge in [-0.3, -0.25) is 0 Å². The smallest absolute Gasteiger partial charge is 0.0445 e. The fourth-order valence-corrected chi connectivity index (χ4v) is 4.30. The first kappa shape index (κ1) is 12.6. The molecule has 1 saturated heterocycles. The Bertz CT molecular complexity index is 208. The van der Waals surface area contributed by atoms with Crippen LogP contribution in [0.1, 0.15) is 26.7 Å². The van der Waals surface area contributed by atoms with Crippen LogP contribution in [0.2, 0.25) is 0 Å². The summed E-state index contributed by atoms with van der Waals surface area (Å²) >= 11 is 5.01. The molecule has 0 amide bonds. The maximum atomic E-state index is 10.8. The highest BCUT2D eigenvalue weighted by atomic mass is 33.1. The first-order chi connectivity index (χ1) is 6.50. The zero-order valence-electron chi connectivity index (χ0n) is 8.26. The number of hydrogen-bond donors (Lipinski definition) is 0. The second-order valence-corrected chi connectivity index (χ2v) is 7.43. The van der Waals surface area contributed by atoms with Crippen LogP contribution in [0.25, 0.3) is 0 Å². The summed E-state index contributed by atoms with van der Waals surface area (Å²) in [6.45, 7) is 4.01. The largest absolute Gasteiger partial charge is 0.789 e. The summed E-state index contributed by atoms with van der Waals surface area (Å²) in [4.78, 5) is 10.8. The van der Waals surface area contributed by atoms with Crippen molar-refractivity contribution in [3.63, 3.8) is 0 Å². The highest BCUT2D eigenvalue weighted by Gasteiger charge is 2.31. The lowest BCUT2D eigenvalue weighted by Crippen LogP contribution is -2.37. The van der Waals surface area contributed by atoms with E-state index in [1.54, 1.807) is 10.8 Å². The molecule has 14 heavy (non-hydrogen) atoms. The highest BCUT2D eigenvalue weighted by molar-refractivity contribution is 8.80. The molecule has 1 aliphatic rings. The van der Waals surface area contributed by atoms with Gasteiger partial charge in [0, 0.05) is 16.5 Å². The van der Waals surface area contributed by atoms with Gasteiger partial charge in [-0.1, -0.05) is 41.9 Å². The zero-order valence-corrected chi connectivity index (χ0v) is 10.7. The molecule has 0 N–H and O–H groups in total. The predicted molar refractivity (Wildman–Crippen MR) is 63.0 cm³/mol. The second-order valence-electron chi connectivity index (χ2n) is 3.73. The lowest BCUT2D eigenvalue weighted by molar-refractivity contribution is -0.312. The second kappa shape index (κ2) is 5.56. The third-order valence-corrected chi connectivity index (χ3v) is 6.26. The van der Waals surface area contributed by atoms with Crippen LogP contribution in [0.15, 0.2) is 0 Å². The Kier molecular flexibility index (Phi) is 5.00. The quantitative estimate of drug-likeness (QED) is 0.542. The van der Waals surface area contributed by atoms with Crippen molar-refractivity contribution < 1.29 is 9.90 Å². The van der Waals surface area contributed by atoms with Crippen molar-refractivity contribution in [2.45, 2.75) is 42.4 Å². The van der Waals surface area contributed by atoms with Crippen molar-refractivity contribution in [1.82, 2.24) is 0 Å². The lowest BCUT2D eigenvalue weighted by atomic mass is 9.97. The average molecular weight is 250 g/mol. The van der Waals surface area contributed by atoms with Crippen LogP contribution in [0.5, 0.6) is 0 Å². The molecule has 82 valence electrons. The number of carboxylic acids is 1. The number of hydrogen-bond acceptors (Lipinski definition) is 5. The van der Waals surface area contributed by atoms with E-state index in [9.17, 15) is 9.90 Å². The normalized spacial score (nSPS) is 30.5. The highest BCUT2D eigenvalue weighted by Crippen LogP contribution is 2.50. The summed E-state index contributed by atoms with van der Waals surface area (Å²) in [5.41, 5.74) is 0. The van der Waals surface area contributed by atoms with Gasteiger partial charge in [0.25, 0.3) is 0 Å². The van der Waals surface area contributed by atoms with Gasteiger partial charge in [0.05, 0.1) is 0 Å². The molecule has 0 bridgehead atoms. The first-order valence-electron chi connectivity index (χ1n) is 4.69. The third-order valence-electron chi connectivity index (χ3n) is 2.32. The molecule has 1 heterocycles. The minimum Gasteiger partial charge on any atom is -0.789 e. The van der Waals surface area contributed by atoms with Crippen molar-refractivity contribution in [1.29, 1.82) is 0 Å². The van der Waals surface area contributed by atoms with Crippen LogP contribution in [0.3, 0.4) is 0 Å². The van der Waals surface area contributed by atoms with E-state index in [2.05, 4.69) is 6.92 Å². The van der Waals surface area contributed by atoms with Gasteiger partial charge in [0.2, 0.25) is 0 Å². The monoisotopic (exact) mass is 250 g/mol. The number of aliphatic carboxylic acids is 1. The Morgan fingerprint density at radius 1 is 1.57 bits per heavy atom. The van der Waals surface area contributed by atoms with E-state index in [4.69, 9.17) is 12.6 Å². The van der Waals surface area contributed by atoms with Gasteiger partial charge >= 0.3 is 0 Å². The van der Waals surface area contributed by atoms with Crippen LogP contribution in [0, 0.1) is 5.92 Å². The summed E-state index contributed by atoms with van der Waals surface area (Å²) in [5, 5.41) is 11.9. The van der Waals surface area contributed by atoms with Crippen molar-refractivity contribution in [2.75, 3.05) is 0 Å². The van der Waals surface area contributed by atoms with Gasteiger partial charge in [-0.05, 0) is 12.3 Å². The maximum absolute atomic E-state index is 10.8. The molecule has 0 aromatic rings. The van der Waals surface area contributed by atoms with Crippen molar-refractivity contribution >= 4 is 40.2 Å². The molecule has 0 aliphatic carbocycles. The van der Waals surface area contributed by atoms with Gasteiger partial charge in [0.15, 0.2) is 0 Å². The molecule has 0 radical (unpaired) electrons. The van der Waals surface area contributed by atoms with E-state index in [0.29, 0.717) is 23.3 Å². The van der Waals surface area contributed by atoms with Crippen LogP contribution >= 0.6 is 21.6 Å². The Morgan fingerprint density at radius 2 is 2.21 bits per heavy atom. The van der Waals surface area contributed by atoms with E-state index in [1.807, 2.05) is 17.7 Å². The van der Waals surface area contributed by atoms with Crippen LogP contribution in [-0.4, -0.2) is 21.7 Å². The SMILES string of the molecule is CC([S-])CC(CC1SSC1C)C(=O)[O-]. The molecule has 2 nitrogen and oxygen atoms in total. The van der Waals surface area contributed by atoms with E-state index in [1.165, 1.54) is 0 Å². The van der Waals surface area contributed by atoms with Crippen LogP contribution < -0.4 is 5.11 Å². The van der Waals surface area contributed by atoms with Gasteiger partial charge in [-0.25, -0.2) is 0 Å². The molecule has 1 aliphatic heterocycles. The molecule has 5 heteroatoms. The number of carbonyl (C=O) groups excluding carboxylic acids is 1. The van der Waals surface area contributed by atoms with Crippen molar-refractivity contribution in [3.8, 4) is 0 Å². The zero-order chi connectivity index (χ0) is 10.7. The summed E-state index contributed by atoms with van der Waals surface area (Å²) < 4.78 is 0. The topological polar surface area (TPSA) is 40.1 Å². The van der Waals surface area contributed by atoms with Crippen molar-refractivity contribution in [3.05, 3.63) is 0 Å². The minimum atomic E-state index is -0.939. The Balaban J connectivity index is 2.38. The molecule has 0 spiro atoms. The Labute approximate surface area is 98.4 Å². The molecular formula is C9H14O2S3-2. The summed E-state index contributed by atoms with van der Waals surface area (Å²) in [6, 6.07) is 0. The summed E-state index contributed by atoms with van der Waals surface area (Å²) in [6.07, 6.45) is 1.27. The molecule has 0 aromatic carbocycles. The Morgan fingerprint density at radius 3 is 2.50 bits per heavy atom. The van der Waals surface area contributed by atoms with E-state index < -0.39 is 5.97 Å².